The van der Waals surface area contributed by atoms with Crippen LogP contribution < -0.4 is 5.32 Å². The fourth-order valence-corrected chi connectivity index (χ4v) is 1.17. The van der Waals surface area contributed by atoms with Crippen molar-refractivity contribution in [3.05, 3.63) is 18.1 Å². The highest BCUT2D eigenvalue weighted by Crippen LogP contribution is 2.26. The first-order valence-corrected chi connectivity index (χ1v) is 4.72. The summed E-state index contributed by atoms with van der Waals surface area (Å²) in [4.78, 5) is 8.52. The Bertz CT molecular complexity index is 299. The number of hydrogen-bond donors (Lipinski definition) is 1. The van der Waals surface area contributed by atoms with Crippen LogP contribution in [-0.4, -0.2) is 23.6 Å². The van der Waals surface area contributed by atoms with Gasteiger partial charge >= 0.3 is 0 Å². The molecule has 1 aromatic heterocycles. The van der Waals surface area contributed by atoms with Gasteiger partial charge in [-0.1, -0.05) is 0 Å². The number of ether oxygens (including phenoxy) is 1. The predicted molar refractivity (Wildman–Crippen MR) is 56.2 cm³/mol. The maximum Gasteiger partial charge on any atom is 0.150 e. The molecule has 0 aliphatic carbocycles. The molecule has 1 rings (SSSR count). The molecule has 1 heterocycles. The fourth-order valence-electron chi connectivity index (χ4n) is 1.17. The predicted octanol–water partition coefficient (Wildman–Crippen LogP) is 1.79. The van der Waals surface area contributed by atoms with E-state index >= 15 is 0 Å². The van der Waals surface area contributed by atoms with Crippen molar-refractivity contribution in [2.45, 2.75) is 26.4 Å². The number of nitrogens with one attached hydrogen (secondary N) is 1. The Kier molecular flexibility index (Phi) is 3.41. The number of aromatic nitrogens is 2. The Labute approximate surface area is 84.7 Å². The summed E-state index contributed by atoms with van der Waals surface area (Å²) in [5, 5.41) is 3.16. The van der Waals surface area contributed by atoms with E-state index in [0.717, 1.165) is 18.1 Å². The van der Waals surface area contributed by atoms with Crippen LogP contribution in [0.3, 0.4) is 0 Å². The quantitative estimate of drug-likeness (QED) is 0.795. The van der Waals surface area contributed by atoms with Gasteiger partial charge in [0.25, 0.3) is 0 Å². The second-order valence-corrected chi connectivity index (χ2v) is 3.50. The number of anilines is 1. The molecule has 0 atom stereocenters. The normalized spacial score (nSPS) is 11.4. The molecule has 0 saturated carbocycles. The summed E-state index contributed by atoms with van der Waals surface area (Å²) >= 11 is 0. The molecule has 0 aliphatic heterocycles. The van der Waals surface area contributed by atoms with Gasteiger partial charge in [-0.05, 0) is 20.8 Å². The van der Waals surface area contributed by atoms with E-state index in [1.807, 2.05) is 20.8 Å². The van der Waals surface area contributed by atoms with Crippen LogP contribution in [0.5, 0.6) is 0 Å². The van der Waals surface area contributed by atoms with Gasteiger partial charge in [0, 0.05) is 26.0 Å². The monoisotopic (exact) mass is 195 g/mol. The molecule has 1 aromatic rings. The molecular weight excluding hydrogens is 178 g/mol. The molecule has 0 radical (unpaired) electrons. The van der Waals surface area contributed by atoms with Gasteiger partial charge in [-0.25, -0.2) is 4.98 Å². The lowest BCUT2D eigenvalue weighted by molar-refractivity contribution is 0.0159. The third-order valence-electron chi connectivity index (χ3n) is 2.12. The van der Waals surface area contributed by atoms with Gasteiger partial charge in [0.15, 0.2) is 5.82 Å². The minimum Gasteiger partial charge on any atom is -0.372 e. The molecule has 78 valence electrons. The summed E-state index contributed by atoms with van der Waals surface area (Å²) in [6.45, 7) is 6.79. The lowest BCUT2D eigenvalue weighted by atomic mass is 10.0. The first-order chi connectivity index (χ1) is 6.61. The van der Waals surface area contributed by atoms with Crippen LogP contribution in [0.4, 0.5) is 5.82 Å². The Balaban J connectivity index is 3.06. The van der Waals surface area contributed by atoms with Crippen molar-refractivity contribution < 1.29 is 4.74 Å². The number of hydrogen-bond acceptors (Lipinski definition) is 4. The molecule has 0 saturated heterocycles. The summed E-state index contributed by atoms with van der Waals surface area (Å²) in [6, 6.07) is 0. The summed E-state index contributed by atoms with van der Waals surface area (Å²) in [7, 11) is 1.67. The molecular formula is C10H17N3O. The van der Waals surface area contributed by atoms with Gasteiger partial charge < -0.3 is 10.1 Å². The van der Waals surface area contributed by atoms with Crippen LogP contribution in [-0.2, 0) is 10.3 Å². The van der Waals surface area contributed by atoms with E-state index in [-0.39, 0.29) is 0 Å². The Hall–Kier alpha value is -1.16. The molecule has 0 bridgehead atoms. The Morgan fingerprint density at radius 3 is 2.57 bits per heavy atom. The first kappa shape index (κ1) is 10.9. The van der Waals surface area contributed by atoms with Crippen LogP contribution in [0.2, 0.25) is 0 Å². The van der Waals surface area contributed by atoms with E-state index < -0.39 is 5.60 Å². The van der Waals surface area contributed by atoms with E-state index in [1.165, 1.54) is 0 Å². The van der Waals surface area contributed by atoms with Gasteiger partial charge in [0.1, 0.15) is 11.3 Å². The zero-order valence-electron chi connectivity index (χ0n) is 9.16. The van der Waals surface area contributed by atoms with Gasteiger partial charge in [-0.15, -0.1) is 0 Å². The fraction of sp³-hybridized carbons (Fsp3) is 0.600. The largest absolute Gasteiger partial charge is 0.372 e. The molecule has 0 spiro atoms. The van der Waals surface area contributed by atoms with Crippen molar-refractivity contribution in [3.8, 4) is 0 Å². The molecule has 0 aromatic carbocycles. The molecule has 14 heavy (non-hydrogen) atoms. The topological polar surface area (TPSA) is 47.0 Å². The maximum absolute atomic E-state index is 5.37. The van der Waals surface area contributed by atoms with E-state index in [1.54, 1.807) is 19.5 Å². The van der Waals surface area contributed by atoms with Crippen molar-refractivity contribution >= 4 is 5.82 Å². The minimum atomic E-state index is -0.411. The maximum atomic E-state index is 5.37. The highest BCUT2D eigenvalue weighted by atomic mass is 16.5. The smallest absolute Gasteiger partial charge is 0.150 e. The zero-order chi connectivity index (χ0) is 10.6. The van der Waals surface area contributed by atoms with E-state index in [4.69, 9.17) is 4.74 Å². The highest BCUT2D eigenvalue weighted by Gasteiger charge is 2.25. The van der Waals surface area contributed by atoms with Gasteiger partial charge in [0.2, 0.25) is 0 Å². The third kappa shape index (κ3) is 2.20. The SMILES string of the molecule is CCNc1nccnc1C(C)(C)OC. The van der Waals surface area contributed by atoms with Crippen molar-refractivity contribution in [2.24, 2.45) is 0 Å². The van der Waals surface area contributed by atoms with Crippen LogP contribution in [0.25, 0.3) is 0 Å². The Morgan fingerprint density at radius 2 is 2.00 bits per heavy atom. The number of nitrogens with zero attached hydrogens (tertiary/aromatic N) is 2. The second kappa shape index (κ2) is 4.37. The standard InChI is InChI=1S/C10H17N3O/c1-5-11-9-8(10(2,3)14-4)12-6-7-13-9/h6-7H,5H2,1-4H3,(H,11,13). The third-order valence-corrected chi connectivity index (χ3v) is 2.12. The van der Waals surface area contributed by atoms with Crippen molar-refractivity contribution in [1.82, 2.24) is 9.97 Å². The van der Waals surface area contributed by atoms with Crippen LogP contribution in [0.1, 0.15) is 26.5 Å². The minimum absolute atomic E-state index is 0.411. The number of methoxy groups -OCH3 is 1. The summed E-state index contributed by atoms with van der Waals surface area (Å²) in [5.74, 6) is 0.793. The van der Waals surface area contributed by atoms with Gasteiger partial charge in [0.05, 0.1) is 0 Å². The zero-order valence-corrected chi connectivity index (χ0v) is 9.16. The average Bonchev–Trinajstić information content (AvgIpc) is 2.19. The van der Waals surface area contributed by atoms with Crippen molar-refractivity contribution in [1.29, 1.82) is 0 Å². The van der Waals surface area contributed by atoms with Crippen molar-refractivity contribution in [2.75, 3.05) is 19.0 Å². The average molecular weight is 195 g/mol. The summed E-state index contributed by atoms with van der Waals surface area (Å²) in [5.41, 5.74) is 0.426. The second-order valence-electron chi connectivity index (χ2n) is 3.50. The van der Waals surface area contributed by atoms with E-state index in [2.05, 4.69) is 15.3 Å². The van der Waals surface area contributed by atoms with Crippen LogP contribution in [0, 0.1) is 0 Å². The summed E-state index contributed by atoms with van der Waals surface area (Å²) in [6.07, 6.45) is 3.35. The molecule has 1 N–H and O–H groups in total. The van der Waals surface area contributed by atoms with Crippen LogP contribution in [0.15, 0.2) is 12.4 Å². The molecule has 0 unspecified atom stereocenters. The van der Waals surface area contributed by atoms with Gasteiger partial charge in [-0.2, -0.15) is 0 Å². The molecule has 0 amide bonds. The highest BCUT2D eigenvalue weighted by molar-refractivity contribution is 5.42. The summed E-state index contributed by atoms with van der Waals surface area (Å²) < 4.78 is 5.37. The lowest BCUT2D eigenvalue weighted by Gasteiger charge is -2.24. The molecule has 0 aliphatic rings. The first-order valence-electron chi connectivity index (χ1n) is 4.72. The molecule has 4 heteroatoms. The van der Waals surface area contributed by atoms with Gasteiger partial charge in [-0.3, -0.25) is 4.98 Å². The Morgan fingerprint density at radius 1 is 1.36 bits per heavy atom. The van der Waals surface area contributed by atoms with E-state index in [0.29, 0.717) is 0 Å². The van der Waals surface area contributed by atoms with E-state index in [9.17, 15) is 0 Å². The molecule has 0 fully saturated rings. The van der Waals surface area contributed by atoms with Crippen LogP contribution >= 0.6 is 0 Å². The number of rotatable bonds is 4. The molecule has 4 nitrogen and oxygen atoms in total. The van der Waals surface area contributed by atoms with Crippen molar-refractivity contribution in [3.63, 3.8) is 0 Å². The lowest BCUT2D eigenvalue weighted by Crippen LogP contribution is -2.23.